The van der Waals surface area contributed by atoms with Gasteiger partial charge in [-0.15, -0.1) is 0 Å². The predicted molar refractivity (Wildman–Crippen MR) is 76.3 cm³/mol. The Morgan fingerprint density at radius 3 is 2.53 bits per heavy atom. The number of nitrogens with one attached hydrogen (secondary N) is 1. The first-order chi connectivity index (χ1) is 9.00. The summed E-state index contributed by atoms with van der Waals surface area (Å²) >= 11 is 0. The molecule has 106 valence electrons. The van der Waals surface area contributed by atoms with E-state index in [4.69, 9.17) is 4.74 Å². The van der Waals surface area contributed by atoms with Crippen molar-refractivity contribution in [1.29, 1.82) is 0 Å². The van der Waals surface area contributed by atoms with Crippen molar-refractivity contribution < 1.29 is 9.13 Å². The van der Waals surface area contributed by atoms with Crippen LogP contribution < -0.4 is 10.1 Å². The molecule has 2 atom stereocenters. The van der Waals surface area contributed by atoms with Crippen molar-refractivity contribution in [3.05, 3.63) is 29.8 Å². The Bertz CT molecular complexity index is 394. The van der Waals surface area contributed by atoms with Gasteiger partial charge in [0.2, 0.25) is 0 Å². The minimum absolute atomic E-state index is 0.0538. The van der Waals surface area contributed by atoms with Gasteiger partial charge in [-0.3, -0.25) is 0 Å². The van der Waals surface area contributed by atoms with Gasteiger partial charge in [0.1, 0.15) is 11.4 Å². The van der Waals surface area contributed by atoms with Crippen LogP contribution in [0.3, 0.4) is 0 Å². The van der Waals surface area contributed by atoms with Gasteiger partial charge in [-0.2, -0.15) is 0 Å². The van der Waals surface area contributed by atoms with Gasteiger partial charge in [0.15, 0.2) is 0 Å². The quantitative estimate of drug-likeness (QED) is 0.897. The van der Waals surface area contributed by atoms with Gasteiger partial charge in [-0.1, -0.05) is 12.1 Å². The molecule has 0 radical (unpaired) electrons. The topological polar surface area (TPSA) is 21.3 Å². The SMILES string of the molecule is CC(C)Oc1ccc(C(C)(F)C2CCCNC2)cc1. The summed E-state index contributed by atoms with van der Waals surface area (Å²) in [5.41, 5.74) is -0.527. The Morgan fingerprint density at radius 2 is 2.00 bits per heavy atom. The Labute approximate surface area is 115 Å². The van der Waals surface area contributed by atoms with E-state index in [1.807, 2.05) is 38.1 Å². The summed E-state index contributed by atoms with van der Waals surface area (Å²) in [6.45, 7) is 7.44. The van der Waals surface area contributed by atoms with Crippen molar-refractivity contribution in [1.82, 2.24) is 5.32 Å². The molecule has 1 aliphatic heterocycles. The highest BCUT2D eigenvalue weighted by molar-refractivity contribution is 5.31. The Balaban J connectivity index is 2.11. The molecule has 1 saturated heterocycles. The van der Waals surface area contributed by atoms with Crippen LogP contribution >= 0.6 is 0 Å². The molecular formula is C16H24FNO. The number of ether oxygens (including phenoxy) is 1. The maximum absolute atomic E-state index is 15.0. The van der Waals surface area contributed by atoms with Crippen LogP contribution in [-0.2, 0) is 5.67 Å². The molecule has 1 aromatic rings. The fourth-order valence-electron chi connectivity index (χ4n) is 2.68. The molecule has 0 spiro atoms. The first kappa shape index (κ1) is 14.3. The lowest BCUT2D eigenvalue weighted by molar-refractivity contribution is 0.0811. The third kappa shape index (κ3) is 3.47. The van der Waals surface area contributed by atoms with Crippen LogP contribution in [0.15, 0.2) is 24.3 Å². The van der Waals surface area contributed by atoms with Gasteiger partial charge in [-0.25, -0.2) is 4.39 Å². The lowest BCUT2D eigenvalue weighted by Gasteiger charge is -2.34. The molecule has 1 aromatic carbocycles. The molecule has 0 aromatic heterocycles. The number of benzene rings is 1. The van der Waals surface area contributed by atoms with E-state index in [0.717, 1.165) is 37.2 Å². The molecular weight excluding hydrogens is 241 g/mol. The number of halogens is 1. The minimum Gasteiger partial charge on any atom is -0.491 e. The average Bonchev–Trinajstić information content (AvgIpc) is 2.40. The zero-order chi connectivity index (χ0) is 13.9. The molecule has 0 saturated carbocycles. The molecule has 19 heavy (non-hydrogen) atoms. The molecule has 0 bridgehead atoms. The first-order valence-electron chi connectivity index (χ1n) is 7.17. The van der Waals surface area contributed by atoms with E-state index in [-0.39, 0.29) is 12.0 Å². The Kier molecular flexibility index (Phi) is 4.46. The number of rotatable bonds is 4. The molecule has 1 aliphatic rings. The average molecular weight is 265 g/mol. The number of hydrogen-bond donors (Lipinski definition) is 1. The van der Waals surface area contributed by atoms with Crippen LogP contribution in [0.2, 0.25) is 0 Å². The van der Waals surface area contributed by atoms with Crippen molar-refractivity contribution in [2.24, 2.45) is 5.92 Å². The lowest BCUT2D eigenvalue weighted by Crippen LogP contribution is -2.39. The highest BCUT2D eigenvalue weighted by Gasteiger charge is 2.36. The highest BCUT2D eigenvalue weighted by atomic mass is 19.1. The van der Waals surface area contributed by atoms with Crippen LogP contribution in [0.5, 0.6) is 5.75 Å². The number of alkyl halides is 1. The van der Waals surface area contributed by atoms with Crippen LogP contribution in [0, 0.1) is 5.92 Å². The van der Waals surface area contributed by atoms with Gasteiger partial charge in [0.25, 0.3) is 0 Å². The largest absolute Gasteiger partial charge is 0.491 e. The van der Waals surface area contributed by atoms with Crippen LogP contribution in [-0.4, -0.2) is 19.2 Å². The van der Waals surface area contributed by atoms with Crippen LogP contribution in [0.1, 0.15) is 39.2 Å². The monoisotopic (exact) mass is 265 g/mol. The molecule has 2 unspecified atom stereocenters. The fraction of sp³-hybridized carbons (Fsp3) is 0.625. The van der Waals surface area contributed by atoms with E-state index >= 15 is 4.39 Å². The van der Waals surface area contributed by atoms with Crippen LogP contribution in [0.4, 0.5) is 4.39 Å². The molecule has 3 heteroatoms. The van der Waals surface area contributed by atoms with E-state index in [1.54, 1.807) is 6.92 Å². The fourth-order valence-corrected chi connectivity index (χ4v) is 2.68. The summed E-state index contributed by atoms with van der Waals surface area (Å²) in [6.07, 6.45) is 2.15. The van der Waals surface area contributed by atoms with E-state index < -0.39 is 5.67 Å². The van der Waals surface area contributed by atoms with Crippen molar-refractivity contribution >= 4 is 0 Å². The van der Waals surface area contributed by atoms with Crippen molar-refractivity contribution in [2.75, 3.05) is 13.1 Å². The van der Waals surface area contributed by atoms with Gasteiger partial charge >= 0.3 is 0 Å². The second kappa shape index (κ2) is 5.91. The molecule has 0 amide bonds. The van der Waals surface area contributed by atoms with Crippen molar-refractivity contribution in [2.45, 2.75) is 45.4 Å². The zero-order valence-corrected chi connectivity index (χ0v) is 12.1. The van der Waals surface area contributed by atoms with Gasteiger partial charge in [0, 0.05) is 12.5 Å². The number of piperidine rings is 1. The summed E-state index contributed by atoms with van der Waals surface area (Å²) in [7, 11) is 0. The molecule has 2 nitrogen and oxygen atoms in total. The maximum Gasteiger partial charge on any atom is 0.137 e. The Morgan fingerprint density at radius 1 is 1.32 bits per heavy atom. The smallest absolute Gasteiger partial charge is 0.137 e. The minimum atomic E-state index is -1.27. The predicted octanol–water partition coefficient (Wildman–Crippen LogP) is 3.66. The van der Waals surface area contributed by atoms with E-state index in [2.05, 4.69) is 5.32 Å². The highest BCUT2D eigenvalue weighted by Crippen LogP contribution is 2.37. The van der Waals surface area contributed by atoms with E-state index in [0.29, 0.717) is 0 Å². The standard InChI is InChI=1S/C16H24FNO/c1-12(2)19-15-8-6-13(7-9-15)16(3,17)14-5-4-10-18-11-14/h6-9,12,14,18H,4-5,10-11H2,1-3H3. The first-order valence-corrected chi connectivity index (χ1v) is 7.17. The third-order valence-corrected chi connectivity index (χ3v) is 3.85. The number of hydrogen-bond acceptors (Lipinski definition) is 2. The van der Waals surface area contributed by atoms with Crippen molar-refractivity contribution in [3.63, 3.8) is 0 Å². The summed E-state index contributed by atoms with van der Waals surface area (Å²) < 4.78 is 20.6. The Hall–Kier alpha value is -1.09. The van der Waals surface area contributed by atoms with Gasteiger partial charge < -0.3 is 10.1 Å². The van der Waals surface area contributed by atoms with E-state index in [9.17, 15) is 0 Å². The van der Waals surface area contributed by atoms with Crippen LogP contribution in [0.25, 0.3) is 0 Å². The lowest BCUT2D eigenvalue weighted by atomic mass is 9.80. The normalized spacial score (nSPS) is 23.1. The second-order valence-electron chi connectivity index (χ2n) is 5.81. The second-order valence-corrected chi connectivity index (χ2v) is 5.81. The third-order valence-electron chi connectivity index (χ3n) is 3.85. The molecule has 1 heterocycles. The van der Waals surface area contributed by atoms with E-state index in [1.165, 1.54) is 0 Å². The molecule has 0 aliphatic carbocycles. The zero-order valence-electron chi connectivity index (χ0n) is 12.1. The van der Waals surface area contributed by atoms with Gasteiger partial charge in [-0.05, 0) is 57.9 Å². The summed E-state index contributed by atoms with van der Waals surface area (Å²) in [5, 5.41) is 3.28. The van der Waals surface area contributed by atoms with Crippen molar-refractivity contribution in [3.8, 4) is 5.75 Å². The molecule has 1 fully saturated rings. The molecule has 2 rings (SSSR count). The summed E-state index contributed by atoms with van der Waals surface area (Å²) in [4.78, 5) is 0. The summed E-state index contributed by atoms with van der Waals surface area (Å²) in [5.74, 6) is 0.856. The maximum atomic E-state index is 15.0. The summed E-state index contributed by atoms with van der Waals surface area (Å²) in [6, 6.07) is 7.44. The molecule has 1 N–H and O–H groups in total. The van der Waals surface area contributed by atoms with Gasteiger partial charge in [0.05, 0.1) is 6.10 Å².